The van der Waals surface area contributed by atoms with E-state index in [-0.39, 0.29) is 0 Å². The van der Waals surface area contributed by atoms with Crippen LogP contribution >= 0.6 is 0 Å². The fourth-order valence-electron chi connectivity index (χ4n) is 1.30. The number of hydrogen-bond donors (Lipinski definition) is 0. The maximum absolute atomic E-state index is 10.7. The lowest BCUT2D eigenvalue weighted by Crippen LogP contribution is -2.07. The molecule has 0 radical (unpaired) electrons. The highest BCUT2D eigenvalue weighted by Gasteiger charge is 2.12. The van der Waals surface area contributed by atoms with Gasteiger partial charge in [0.05, 0.1) is 12.2 Å². The van der Waals surface area contributed by atoms with E-state index in [4.69, 9.17) is 0 Å². The molecule has 0 spiro atoms. The maximum Gasteiger partial charge on any atom is 0.172 e. The number of carbonyl (C=O) groups is 1. The molecule has 1 aromatic rings. The average Bonchev–Trinajstić information content (AvgIpc) is 2.48. The molecule has 0 unspecified atom stereocenters. The molecular weight excluding hydrogens is 178 g/mol. The number of carbonyl (C=O) groups excluding carboxylic acids is 1. The lowest BCUT2D eigenvalue weighted by atomic mass is 10.1. The third-order valence-corrected chi connectivity index (χ3v) is 1.88. The minimum Gasteiger partial charge on any atom is -0.296 e. The van der Waals surface area contributed by atoms with Crippen LogP contribution in [-0.2, 0) is 13.0 Å². The Hall–Kier alpha value is -1.45. The van der Waals surface area contributed by atoms with Gasteiger partial charge in [-0.2, -0.15) is 0 Å². The summed E-state index contributed by atoms with van der Waals surface area (Å²) in [4.78, 5) is 10.7. The summed E-state index contributed by atoms with van der Waals surface area (Å²) in [5, 5.41) is 7.70. The van der Waals surface area contributed by atoms with Crippen LogP contribution < -0.4 is 0 Å². The Morgan fingerprint density at radius 1 is 1.57 bits per heavy atom. The highest BCUT2D eigenvalue weighted by atomic mass is 16.1. The molecule has 0 bridgehead atoms. The normalized spacial score (nSPS) is 10.5. The van der Waals surface area contributed by atoms with E-state index in [0.29, 0.717) is 18.2 Å². The monoisotopic (exact) mass is 193 g/mol. The average molecular weight is 193 g/mol. The molecule has 4 nitrogen and oxygen atoms in total. The predicted molar refractivity (Wildman–Crippen MR) is 54.1 cm³/mol. The van der Waals surface area contributed by atoms with Crippen molar-refractivity contribution in [2.24, 2.45) is 5.92 Å². The van der Waals surface area contributed by atoms with Gasteiger partial charge in [0.2, 0.25) is 0 Å². The molecule has 0 N–H and O–H groups in total. The number of rotatable bonds is 5. The van der Waals surface area contributed by atoms with E-state index in [2.05, 4.69) is 30.7 Å². The number of allylic oxidation sites excluding steroid dienone is 1. The Morgan fingerprint density at radius 3 is 2.79 bits per heavy atom. The number of aromatic nitrogens is 3. The van der Waals surface area contributed by atoms with Crippen molar-refractivity contribution in [2.75, 3.05) is 0 Å². The van der Waals surface area contributed by atoms with E-state index in [1.807, 2.05) is 0 Å². The molecule has 0 amide bonds. The first-order valence-corrected chi connectivity index (χ1v) is 4.67. The summed E-state index contributed by atoms with van der Waals surface area (Å²) in [6.07, 6.45) is 3.31. The first-order valence-electron chi connectivity index (χ1n) is 4.67. The Kier molecular flexibility index (Phi) is 3.56. The molecule has 0 fully saturated rings. The van der Waals surface area contributed by atoms with Gasteiger partial charge in [-0.05, 0) is 12.3 Å². The van der Waals surface area contributed by atoms with E-state index in [1.165, 1.54) is 0 Å². The van der Waals surface area contributed by atoms with Gasteiger partial charge in [0.15, 0.2) is 6.29 Å². The van der Waals surface area contributed by atoms with Gasteiger partial charge in [-0.15, -0.1) is 11.7 Å². The molecule has 14 heavy (non-hydrogen) atoms. The van der Waals surface area contributed by atoms with Crippen LogP contribution in [0.3, 0.4) is 0 Å². The van der Waals surface area contributed by atoms with Crippen LogP contribution in [0.5, 0.6) is 0 Å². The molecule has 0 atom stereocenters. The Morgan fingerprint density at radius 2 is 2.29 bits per heavy atom. The van der Waals surface area contributed by atoms with Crippen LogP contribution in [0.25, 0.3) is 0 Å². The molecule has 76 valence electrons. The van der Waals surface area contributed by atoms with E-state index in [0.717, 1.165) is 18.4 Å². The zero-order chi connectivity index (χ0) is 10.6. The highest BCUT2D eigenvalue weighted by molar-refractivity contribution is 5.73. The Balaban J connectivity index is 2.98. The molecule has 0 aliphatic rings. The number of hydrogen-bond acceptors (Lipinski definition) is 3. The van der Waals surface area contributed by atoms with Crippen molar-refractivity contribution in [3.05, 3.63) is 24.0 Å². The van der Waals surface area contributed by atoms with E-state index in [9.17, 15) is 4.79 Å². The van der Waals surface area contributed by atoms with Crippen molar-refractivity contribution < 1.29 is 4.79 Å². The van der Waals surface area contributed by atoms with Crippen LogP contribution in [0.1, 0.15) is 30.0 Å². The zero-order valence-corrected chi connectivity index (χ0v) is 8.60. The van der Waals surface area contributed by atoms with Gasteiger partial charge < -0.3 is 0 Å². The summed E-state index contributed by atoms with van der Waals surface area (Å²) >= 11 is 0. The molecule has 0 aliphatic carbocycles. The smallest absolute Gasteiger partial charge is 0.172 e. The highest BCUT2D eigenvalue weighted by Crippen LogP contribution is 2.10. The summed E-state index contributed by atoms with van der Waals surface area (Å²) in [6, 6.07) is 0. The van der Waals surface area contributed by atoms with Gasteiger partial charge >= 0.3 is 0 Å². The van der Waals surface area contributed by atoms with Gasteiger partial charge in [0.1, 0.15) is 5.69 Å². The summed E-state index contributed by atoms with van der Waals surface area (Å²) in [5.74, 6) is 0.482. The van der Waals surface area contributed by atoms with Gasteiger partial charge in [0.25, 0.3) is 0 Å². The third-order valence-electron chi connectivity index (χ3n) is 1.88. The van der Waals surface area contributed by atoms with Crippen molar-refractivity contribution >= 4 is 6.29 Å². The Bertz CT molecular complexity index is 328. The van der Waals surface area contributed by atoms with Gasteiger partial charge in [-0.1, -0.05) is 25.1 Å². The largest absolute Gasteiger partial charge is 0.296 e. The zero-order valence-electron chi connectivity index (χ0n) is 8.60. The summed E-state index contributed by atoms with van der Waals surface area (Å²) < 4.78 is 1.72. The Labute approximate surface area is 83.6 Å². The maximum atomic E-state index is 10.7. The fraction of sp³-hybridized carbons (Fsp3) is 0.500. The molecule has 1 heterocycles. The van der Waals surface area contributed by atoms with Gasteiger partial charge in [-0.3, -0.25) is 4.79 Å². The topological polar surface area (TPSA) is 47.8 Å². The SMILES string of the molecule is C=CCn1nnc(C=O)c1CC(C)C. The number of aldehydes is 1. The molecule has 4 heteroatoms. The first-order chi connectivity index (χ1) is 6.69. The molecular formula is C10H15N3O. The van der Waals surface area contributed by atoms with Crippen molar-refractivity contribution in [2.45, 2.75) is 26.8 Å². The lowest BCUT2D eigenvalue weighted by molar-refractivity contribution is 0.111. The first kappa shape index (κ1) is 10.6. The predicted octanol–water partition coefficient (Wildman–Crippen LogP) is 1.48. The molecule has 0 aliphatic heterocycles. The minimum absolute atomic E-state index is 0.445. The molecule has 0 saturated heterocycles. The van der Waals surface area contributed by atoms with Crippen LogP contribution in [0, 0.1) is 5.92 Å². The van der Waals surface area contributed by atoms with Crippen molar-refractivity contribution in [1.29, 1.82) is 0 Å². The van der Waals surface area contributed by atoms with Gasteiger partial charge in [0, 0.05) is 0 Å². The van der Waals surface area contributed by atoms with E-state index < -0.39 is 0 Å². The number of nitrogens with zero attached hydrogens (tertiary/aromatic N) is 3. The second kappa shape index (κ2) is 4.69. The quantitative estimate of drug-likeness (QED) is 0.525. The summed E-state index contributed by atoms with van der Waals surface area (Å²) in [6.45, 7) is 8.43. The van der Waals surface area contributed by atoms with E-state index >= 15 is 0 Å². The van der Waals surface area contributed by atoms with Crippen LogP contribution in [-0.4, -0.2) is 21.3 Å². The molecule has 0 saturated carbocycles. The standard InChI is InChI=1S/C10H15N3O/c1-4-5-13-10(6-8(2)3)9(7-14)11-12-13/h4,7-8H,1,5-6H2,2-3H3. The van der Waals surface area contributed by atoms with Crippen molar-refractivity contribution in [3.63, 3.8) is 0 Å². The minimum atomic E-state index is 0.445. The second-order valence-electron chi connectivity index (χ2n) is 3.61. The van der Waals surface area contributed by atoms with E-state index in [1.54, 1.807) is 10.8 Å². The lowest BCUT2D eigenvalue weighted by Gasteiger charge is -2.06. The van der Waals surface area contributed by atoms with Crippen LogP contribution in [0.4, 0.5) is 0 Å². The summed E-state index contributed by atoms with van der Waals surface area (Å²) in [7, 11) is 0. The van der Waals surface area contributed by atoms with Crippen molar-refractivity contribution in [1.82, 2.24) is 15.0 Å². The molecule has 1 rings (SSSR count). The molecule has 0 aromatic carbocycles. The van der Waals surface area contributed by atoms with Crippen LogP contribution in [0.15, 0.2) is 12.7 Å². The van der Waals surface area contributed by atoms with Gasteiger partial charge in [-0.25, -0.2) is 4.68 Å². The summed E-state index contributed by atoms with van der Waals surface area (Å²) in [5.41, 5.74) is 1.34. The molecule has 1 aromatic heterocycles. The van der Waals surface area contributed by atoms with Crippen molar-refractivity contribution in [3.8, 4) is 0 Å². The fourth-order valence-corrected chi connectivity index (χ4v) is 1.30. The third kappa shape index (κ3) is 2.28. The van der Waals surface area contributed by atoms with Crippen LogP contribution in [0.2, 0.25) is 0 Å². The second-order valence-corrected chi connectivity index (χ2v) is 3.61.